The minimum absolute atomic E-state index is 0.316. The third-order valence-electron chi connectivity index (χ3n) is 2.61. The normalized spacial score (nSPS) is 12.8. The number of carbonyl (C=O) groups is 1. The maximum absolute atomic E-state index is 11.2. The lowest BCUT2D eigenvalue weighted by Crippen LogP contribution is -2.41. The molecule has 0 aliphatic rings. The van der Waals surface area contributed by atoms with E-state index in [9.17, 15) is 9.90 Å². The van der Waals surface area contributed by atoms with Crippen LogP contribution < -0.4 is 5.32 Å². The van der Waals surface area contributed by atoms with Crippen molar-refractivity contribution in [3.8, 4) is 12.3 Å². The molecule has 17 heavy (non-hydrogen) atoms. The van der Waals surface area contributed by atoms with Crippen LogP contribution in [0.5, 0.6) is 0 Å². The molecule has 0 bridgehead atoms. The van der Waals surface area contributed by atoms with Gasteiger partial charge in [-0.2, -0.15) is 0 Å². The average Bonchev–Trinajstić information content (AvgIpc) is 2.30. The van der Waals surface area contributed by atoms with Gasteiger partial charge in [-0.1, -0.05) is 36.3 Å². The molecule has 0 radical (unpaired) electrons. The van der Waals surface area contributed by atoms with Crippen molar-refractivity contribution in [2.24, 2.45) is 0 Å². The summed E-state index contributed by atoms with van der Waals surface area (Å²) in [6.45, 7) is 4.00. The first-order chi connectivity index (χ1) is 7.96. The van der Waals surface area contributed by atoms with Crippen molar-refractivity contribution in [3.63, 3.8) is 0 Å². The van der Waals surface area contributed by atoms with Crippen molar-refractivity contribution >= 4 is 5.97 Å². The van der Waals surface area contributed by atoms with Crippen LogP contribution >= 0.6 is 0 Å². The summed E-state index contributed by atoms with van der Waals surface area (Å²) in [7, 11) is 0. The Morgan fingerprint density at radius 2 is 2.06 bits per heavy atom. The molecule has 90 valence electrons. The van der Waals surface area contributed by atoms with Crippen molar-refractivity contribution in [2.45, 2.75) is 25.3 Å². The highest BCUT2D eigenvalue weighted by atomic mass is 16.4. The highest BCUT2D eigenvalue weighted by molar-refractivity contribution is 5.76. The quantitative estimate of drug-likeness (QED) is 0.760. The SMILES string of the molecule is C#CC(C)(C)NCC(C(=O)O)c1ccccc1. The van der Waals surface area contributed by atoms with E-state index in [1.165, 1.54) is 0 Å². The Labute approximate surface area is 102 Å². The first-order valence-corrected chi connectivity index (χ1v) is 5.47. The lowest BCUT2D eigenvalue weighted by molar-refractivity contribution is -0.138. The van der Waals surface area contributed by atoms with Crippen LogP contribution in [0.2, 0.25) is 0 Å². The molecule has 1 aromatic rings. The Morgan fingerprint density at radius 1 is 1.47 bits per heavy atom. The van der Waals surface area contributed by atoms with Crippen LogP contribution in [-0.4, -0.2) is 23.2 Å². The second-order valence-electron chi connectivity index (χ2n) is 4.45. The fourth-order valence-corrected chi connectivity index (χ4v) is 1.44. The van der Waals surface area contributed by atoms with Gasteiger partial charge in [-0.3, -0.25) is 4.79 Å². The lowest BCUT2D eigenvalue weighted by Gasteiger charge is -2.22. The molecule has 0 fully saturated rings. The lowest BCUT2D eigenvalue weighted by atomic mass is 9.97. The van der Waals surface area contributed by atoms with Crippen LogP contribution in [0.3, 0.4) is 0 Å². The predicted octanol–water partition coefficient (Wildman–Crippen LogP) is 1.86. The topological polar surface area (TPSA) is 49.3 Å². The summed E-state index contributed by atoms with van der Waals surface area (Å²) in [5, 5.41) is 12.3. The maximum Gasteiger partial charge on any atom is 0.312 e. The minimum Gasteiger partial charge on any atom is -0.481 e. The third kappa shape index (κ3) is 3.93. The second-order valence-corrected chi connectivity index (χ2v) is 4.45. The number of terminal acetylenes is 1. The molecule has 3 heteroatoms. The van der Waals surface area contributed by atoms with Crippen molar-refractivity contribution in [1.82, 2.24) is 5.32 Å². The van der Waals surface area contributed by atoms with E-state index in [4.69, 9.17) is 6.42 Å². The fourth-order valence-electron chi connectivity index (χ4n) is 1.44. The molecular weight excluding hydrogens is 214 g/mol. The molecule has 0 aromatic heterocycles. The molecule has 0 aliphatic carbocycles. The van der Waals surface area contributed by atoms with E-state index >= 15 is 0 Å². The Bertz CT molecular complexity index is 418. The fraction of sp³-hybridized carbons (Fsp3) is 0.357. The summed E-state index contributed by atoms with van der Waals surface area (Å²) in [6, 6.07) is 9.14. The summed E-state index contributed by atoms with van der Waals surface area (Å²) < 4.78 is 0. The Morgan fingerprint density at radius 3 is 2.53 bits per heavy atom. The molecule has 1 atom stereocenters. The molecule has 1 aromatic carbocycles. The van der Waals surface area contributed by atoms with E-state index in [1.54, 1.807) is 0 Å². The summed E-state index contributed by atoms with van der Waals surface area (Å²) in [5.41, 5.74) is 0.281. The van der Waals surface area contributed by atoms with Crippen molar-refractivity contribution in [3.05, 3.63) is 35.9 Å². The van der Waals surface area contributed by atoms with E-state index in [0.717, 1.165) is 5.56 Å². The number of carboxylic acids is 1. The number of rotatable bonds is 5. The largest absolute Gasteiger partial charge is 0.481 e. The van der Waals surface area contributed by atoms with Gasteiger partial charge in [0.2, 0.25) is 0 Å². The zero-order chi connectivity index (χ0) is 12.9. The molecular formula is C14H17NO2. The number of aliphatic carboxylic acids is 1. The van der Waals surface area contributed by atoms with Gasteiger partial charge >= 0.3 is 5.97 Å². The van der Waals surface area contributed by atoms with Gasteiger partial charge in [-0.25, -0.2) is 0 Å². The smallest absolute Gasteiger partial charge is 0.312 e. The second kappa shape index (κ2) is 5.51. The van der Waals surface area contributed by atoms with Gasteiger partial charge < -0.3 is 10.4 Å². The Hall–Kier alpha value is -1.79. The number of nitrogens with one attached hydrogen (secondary N) is 1. The van der Waals surface area contributed by atoms with Gasteiger partial charge in [-0.05, 0) is 19.4 Å². The van der Waals surface area contributed by atoms with Crippen molar-refractivity contribution in [1.29, 1.82) is 0 Å². The van der Waals surface area contributed by atoms with Gasteiger partial charge in [0.05, 0.1) is 11.5 Å². The van der Waals surface area contributed by atoms with E-state index in [1.807, 2.05) is 44.2 Å². The van der Waals surface area contributed by atoms with Crippen molar-refractivity contribution < 1.29 is 9.90 Å². The molecule has 1 unspecified atom stereocenters. The maximum atomic E-state index is 11.2. The number of benzene rings is 1. The van der Waals surface area contributed by atoms with Gasteiger partial charge in [-0.15, -0.1) is 6.42 Å². The molecule has 0 aliphatic heterocycles. The van der Waals surface area contributed by atoms with Crippen LogP contribution in [-0.2, 0) is 4.79 Å². The van der Waals surface area contributed by atoms with Gasteiger partial charge in [0.15, 0.2) is 0 Å². The predicted molar refractivity (Wildman–Crippen MR) is 67.7 cm³/mol. The molecule has 0 amide bonds. The van der Waals surface area contributed by atoms with Crippen LogP contribution in [0, 0.1) is 12.3 Å². The first kappa shape index (κ1) is 13.3. The minimum atomic E-state index is -0.850. The van der Waals surface area contributed by atoms with E-state index in [0.29, 0.717) is 6.54 Å². The van der Waals surface area contributed by atoms with E-state index in [-0.39, 0.29) is 0 Å². The first-order valence-electron chi connectivity index (χ1n) is 5.47. The molecule has 0 saturated heterocycles. The number of hydrogen-bond acceptors (Lipinski definition) is 2. The molecule has 2 N–H and O–H groups in total. The Balaban J connectivity index is 2.77. The van der Waals surface area contributed by atoms with Gasteiger partial charge in [0.1, 0.15) is 0 Å². The van der Waals surface area contributed by atoms with Crippen LogP contribution in [0.15, 0.2) is 30.3 Å². The van der Waals surface area contributed by atoms with Crippen LogP contribution in [0.4, 0.5) is 0 Å². The zero-order valence-electron chi connectivity index (χ0n) is 10.1. The average molecular weight is 231 g/mol. The molecule has 0 spiro atoms. The summed E-state index contributed by atoms with van der Waals surface area (Å²) >= 11 is 0. The zero-order valence-corrected chi connectivity index (χ0v) is 10.1. The molecule has 1 rings (SSSR count). The molecule has 3 nitrogen and oxygen atoms in total. The highest BCUT2D eigenvalue weighted by Crippen LogP contribution is 2.16. The van der Waals surface area contributed by atoms with E-state index in [2.05, 4.69) is 11.2 Å². The van der Waals surface area contributed by atoms with Crippen LogP contribution in [0.1, 0.15) is 25.3 Å². The summed E-state index contributed by atoms with van der Waals surface area (Å²) in [5.74, 6) is 1.15. The summed E-state index contributed by atoms with van der Waals surface area (Å²) in [6.07, 6.45) is 5.35. The highest BCUT2D eigenvalue weighted by Gasteiger charge is 2.22. The van der Waals surface area contributed by atoms with Crippen LogP contribution in [0.25, 0.3) is 0 Å². The van der Waals surface area contributed by atoms with Gasteiger partial charge in [0, 0.05) is 6.54 Å². The Kier molecular flexibility index (Phi) is 4.30. The third-order valence-corrected chi connectivity index (χ3v) is 2.61. The number of hydrogen-bond donors (Lipinski definition) is 2. The van der Waals surface area contributed by atoms with Gasteiger partial charge in [0.25, 0.3) is 0 Å². The van der Waals surface area contributed by atoms with E-state index < -0.39 is 17.4 Å². The summed E-state index contributed by atoms with van der Waals surface area (Å²) in [4.78, 5) is 11.2. The monoisotopic (exact) mass is 231 g/mol. The standard InChI is InChI=1S/C14H17NO2/c1-4-14(2,3)15-10-12(13(16)17)11-8-6-5-7-9-11/h1,5-9,12,15H,10H2,2-3H3,(H,16,17). The number of carboxylic acid groups (broad SMARTS) is 1. The van der Waals surface area contributed by atoms with Crippen molar-refractivity contribution in [2.75, 3.05) is 6.54 Å². The molecule has 0 heterocycles. The molecule has 0 saturated carbocycles.